The van der Waals surface area contributed by atoms with Gasteiger partial charge in [-0.1, -0.05) is 31.4 Å². The Morgan fingerprint density at radius 3 is 2.80 bits per heavy atom. The van der Waals surface area contributed by atoms with E-state index in [1.165, 1.54) is 12.8 Å². The number of aromatic nitrogens is 1. The first-order valence-corrected chi connectivity index (χ1v) is 7.59. The van der Waals surface area contributed by atoms with Crippen LogP contribution in [0.1, 0.15) is 55.8 Å². The maximum Gasteiger partial charge on any atom is 0.254 e. The standard InChI is InChI=1S/C15H20ClFN2O/c1-2-3-10-4-6-12(7-5-10)19-15(20)13-8-11(17)9-18-14(13)16/h8-10,12H,2-7H2,1H3,(H,19,20). The van der Waals surface area contributed by atoms with Gasteiger partial charge in [-0.05, 0) is 37.7 Å². The van der Waals surface area contributed by atoms with Crippen molar-refractivity contribution in [2.75, 3.05) is 0 Å². The molecule has 1 heterocycles. The molecule has 1 aromatic heterocycles. The Morgan fingerprint density at radius 1 is 1.45 bits per heavy atom. The Labute approximate surface area is 123 Å². The molecule has 3 nitrogen and oxygen atoms in total. The second-order valence-electron chi connectivity index (χ2n) is 5.47. The second-order valence-corrected chi connectivity index (χ2v) is 5.83. The van der Waals surface area contributed by atoms with Crippen molar-refractivity contribution in [2.45, 2.75) is 51.5 Å². The minimum Gasteiger partial charge on any atom is -0.349 e. The summed E-state index contributed by atoms with van der Waals surface area (Å²) in [6.45, 7) is 2.20. The van der Waals surface area contributed by atoms with Gasteiger partial charge in [-0.2, -0.15) is 0 Å². The van der Waals surface area contributed by atoms with Gasteiger partial charge in [-0.25, -0.2) is 9.37 Å². The first-order chi connectivity index (χ1) is 9.60. The lowest BCUT2D eigenvalue weighted by Crippen LogP contribution is -2.37. The fraction of sp³-hybridized carbons (Fsp3) is 0.600. The highest BCUT2D eigenvalue weighted by Gasteiger charge is 2.23. The van der Waals surface area contributed by atoms with Crippen LogP contribution in [-0.2, 0) is 0 Å². The summed E-state index contributed by atoms with van der Waals surface area (Å²) in [4.78, 5) is 15.7. The maximum absolute atomic E-state index is 13.1. The first-order valence-electron chi connectivity index (χ1n) is 7.22. The first kappa shape index (κ1) is 15.2. The molecule has 0 spiro atoms. The minimum atomic E-state index is -0.550. The van der Waals surface area contributed by atoms with Crippen LogP contribution in [0.2, 0.25) is 5.15 Å². The van der Waals surface area contributed by atoms with Gasteiger partial charge >= 0.3 is 0 Å². The molecule has 1 amide bonds. The Kier molecular flexibility index (Phi) is 5.35. The molecule has 0 radical (unpaired) electrons. The smallest absolute Gasteiger partial charge is 0.254 e. The van der Waals surface area contributed by atoms with Crippen LogP contribution < -0.4 is 5.32 Å². The minimum absolute atomic E-state index is 0.0450. The molecule has 2 rings (SSSR count). The summed E-state index contributed by atoms with van der Waals surface area (Å²) >= 11 is 5.83. The summed E-state index contributed by atoms with van der Waals surface area (Å²) in [5.74, 6) is -0.0975. The van der Waals surface area contributed by atoms with E-state index in [1.807, 2.05) is 0 Å². The Morgan fingerprint density at radius 2 is 2.15 bits per heavy atom. The Bertz CT molecular complexity index is 473. The molecule has 1 aliphatic rings. The SMILES string of the molecule is CCCC1CCC(NC(=O)c2cc(F)cnc2Cl)CC1. The molecule has 1 aromatic rings. The Balaban J connectivity index is 1.91. The number of carbonyl (C=O) groups is 1. The van der Waals surface area contributed by atoms with Gasteiger partial charge in [0, 0.05) is 6.04 Å². The fourth-order valence-electron chi connectivity index (χ4n) is 2.85. The monoisotopic (exact) mass is 298 g/mol. The zero-order valence-electron chi connectivity index (χ0n) is 11.7. The fourth-order valence-corrected chi connectivity index (χ4v) is 3.04. The van der Waals surface area contributed by atoms with E-state index in [1.54, 1.807) is 0 Å². The molecule has 110 valence electrons. The lowest BCUT2D eigenvalue weighted by Gasteiger charge is -2.29. The van der Waals surface area contributed by atoms with Crippen LogP contribution in [0.15, 0.2) is 12.3 Å². The van der Waals surface area contributed by atoms with Crippen molar-refractivity contribution < 1.29 is 9.18 Å². The predicted octanol–water partition coefficient (Wildman–Crippen LogP) is 3.96. The van der Waals surface area contributed by atoms with Gasteiger partial charge in [0.05, 0.1) is 11.8 Å². The van der Waals surface area contributed by atoms with Crippen LogP contribution in [-0.4, -0.2) is 16.9 Å². The molecule has 1 fully saturated rings. The van der Waals surface area contributed by atoms with E-state index in [0.717, 1.165) is 43.9 Å². The molecule has 0 unspecified atom stereocenters. The molecule has 1 aliphatic carbocycles. The lowest BCUT2D eigenvalue weighted by molar-refractivity contribution is 0.0920. The summed E-state index contributed by atoms with van der Waals surface area (Å²) in [5, 5.41) is 2.98. The zero-order valence-corrected chi connectivity index (χ0v) is 12.4. The topological polar surface area (TPSA) is 42.0 Å². The summed E-state index contributed by atoms with van der Waals surface area (Å²) < 4.78 is 13.1. The lowest BCUT2D eigenvalue weighted by atomic mass is 9.83. The number of carbonyl (C=O) groups excluding carboxylic acids is 1. The van der Waals surface area contributed by atoms with Gasteiger partial charge < -0.3 is 5.32 Å². The van der Waals surface area contributed by atoms with Gasteiger partial charge in [-0.15, -0.1) is 0 Å². The maximum atomic E-state index is 13.1. The molecule has 20 heavy (non-hydrogen) atoms. The number of hydrogen-bond acceptors (Lipinski definition) is 2. The molecule has 0 bridgehead atoms. The van der Waals surface area contributed by atoms with Crippen molar-refractivity contribution in [3.8, 4) is 0 Å². The summed E-state index contributed by atoms with van der Waals surface area (Å²) in [6, 6.07) is 1.29. The van der Waals surface area contributed by atoms with Gasteiger partial charge in [-0.3, -0.25) is 4.79 Å². The van der Waals surface area contributed by atoms with Crippen molar-refractivity contribution in [1.29, 1.82) is 0 Å². The second kappa shape index (κ2) is 7.02. The van der Waals surface area contributed by atoms with Crippen molar-refractivity contribution in [3.05, 3.63) is 28.8 Å². The highest BCUT2D eigenvalue weighted by molar-refractivity contribution is 6.32. The van der Waals surface area contributed by atoms with Crippen molar-refractivity contribution in [3.63, 3.8) is 0 Å². The third-order valence-corrected chi connectivity index (χ3v) is 4.23. The molecule has 1 saturated carbocycles. The normalized spacial score (nSPS) is 22.6. The highest BCUT2D eigenvalue weighted by Crippen LogP contribution is 2.28. The van der Waals surface area contributed by atoms with Crippen LogP contribution in [0.4, 0.5) is 4.39 Å². The number of nitrogens with zero attached hydrogens (tertiary/aromatic N) is 1. The third-order valence-electron chi connectivity index (χ3n) is 3.93. The number of nitrogens with one attached hydrogen (secondary N) is 1. The van der Waals surface area contributed by atoms with E-state index >= 15 is 0 Å². The average molecular weight is 299 g/mol. The van der Waals surface area contributed by atoms with Crippen LogP contribution in [0.5, 0.6) is 0 Å². The predicted molar refractivity (Wildman–Crippen MR) is 77.3 cm³/mol. The third kappa shape index (κ3) is 3.92. The van der Waals surface area contributed by atoms with Gasteiger partial charge in [0.25, 0.3) is 5.91 Å². The zero-order chi connectivity index (χ0) is 14.5. The van der Waals surface area contributed by atoms with Gasteiger partial charge in [0.2, 0.25) is 0 Å². The Hall–Kier alpha value is -1.16. The van der Waals surface area contributed by atoms with Crippen LogP contribution in [0, 0.1) is 11.7 Å². The van der Waals surface area contributed by atoms with Crippen molar-refractivity contribution in [1.82, 2.24) is 10.3 Å². The number of rotatable bonds is 4. The summed E-state index contributed by atoms with van der Waals surface area (Å²) in [5.41, 5.74) is 0.113. The van der Waals surface area contributed by atoms with E-state index in [2.05, 4.69) is 17.2 Å². The van der Waals surface area contributed by atoms with E-state index in [-0.39, 0.29) is 22.7 Å². The molecule has 0 atom stereocenters. The van der Waals surface area contributed by atoms with Gasteiger partial charge in [0.1, 0.15) is 11.0 Å². The largest absolute Gasteiger partial charge is 0.349 e. The van der Waals surface area contributed by atoms with Crippen LogP contribution in [0.3, 0.4) is 0 Å². The quantitative estimate of drug-likeness (QED) is 0.855. The molecule has 1 N–H and O–H groups in total. The number of halogens is 2. The molecule has 5 heteroatoms. The molecular weight excluding hydrogens is 279 g/mol. The molecule has 0 aromatic carbocycles. The van der Waals surface area contributed by atoms with Crippen LogP contribution >= 0.6 is 11.6 Å². The summed E-state index contributed by atoms with van der Waals surface area (Å²) in [6.07, 6.45) is 7.75. The number of pyridine rings is 1. The number of amides is 1. The highest BCUT2D eigenvalue weighted by atomic mass is 35.5. The molecule has 0 aliphatic heterocycles. The average Bonchev–Trinajstić information content (AvgIpc) is 2.44. The summed E-state index contributed by atoms with van der Waals surface area (Å²) in [7, 11) is 0. The van der Waals surface area contributed by atoms with Crippen molar-refractivity contribution >= 4 is 17.5 Å². The van der Waals surface area contributed by atoms with E-state index < -0.39 is 5.82 Å². The van der Waals surface area contributed by atoms with E-state index in [0.29, 0.717) is 0 Å². The van der Waals surface area contributed by atoms with Crippen molar-refractivity contribution in [2.24, 2.45) is 5.92 Å². The number of hydrogen-bond donors (Lipinski definition) is 1. The van der Waals surface area contributed by atoms with E-state index in [4.69, 9.17) is 11.6 Å². The molecule has 0 saturated heterocycles. The van der Waals surface area contributed by atoms with Gasteiger partial charge in [0.15, 0.2) is 0 Å². The van der Waals surface area contributed by atoms with E-state index in [9.17, 15) is 9.18 Å². The van der Waals surface area contributed by atoms with Crippen LogP contribution in [0.25, 0.3) is 0 Å². The molecular formula is C15H20ClFN2O.